The van der Waals surface area contributed by atoms with E-state index in [-0.39, 0.29) is 76.0 Å². The first-order valence-electron chi connectivity index (χ1n) is 6.52. The van der Waals surface area contributed by atoms with Crippen LogP contribution in [-0.4, -0.2) is 11.6 Å². The first kappa shape index (κ1) is 23.9. The SMILES string of the molecule is CC(=O)c1ccc(C(=O)C(c2ccccc2)P(=O)([O-])[O-])cc1.[Na+].[Na+]. The predicted octanol–water partition coefficient (Wildman–Crippen LogP) is -4.27. The molecule has 1 unspecified atom stereocenters. The van der Waals surface area contributed by atoms with Gasteiger partial charge < -0.3 is 14.4 Å². The summed E-state index contributed by atoms with van der Waals surface area (Å²) in [6, 6.07) is 13.2. The van der Waals surface area contributed by atoms with E-state index in [1.165, 1.54) is 43.3 Å². The molecule has 0 bridgehead atoms. The quantitative estimate of drug-likeness (QED) is 0.305. The van der Waals surface area contributed by atoms with Crippen molar-refractivity contribution < 1.29 is 83.1 Å². The molecule has 0 fully saturated rings. The molecule has 1 atom stereocenters. The zero-order valence-corrected chi connectivity index (χ0v) is 18.7. The molecule has 5 nitrogen and oxygen atoms in total. The number of benzene rings is 2. The molecule has 0 heterocycles. The first-order valence-corrected chi connectivity index (χ1v) is 8.14. The van der Waals surface area contributed by atoms with E-state index in [1.54, 1.807) is 18.2 Å². The van der Waals surface area contributed by atoms with Gasteiger partial charge in [-0.1, -0.05) is 62.2 Å². The van der Waals surface area contributed by atoms with Gasteiger partial charge in [0.15, 0.2) is 11.6 Å². The maximum absolute atomic E-state index is 12.4. The van der Waals surface area contributed by atoms with E-state index in [0.717, 1.165) is 0 Å². The molecule has 0 saturated carbocycles. The summed E-state index contributed by atoms with van der Waals surface area (Å²) >= 11 is 0. The topological polar surface area (TPSA) is 97.3 Å². The molecule has 0 amide bonds. The van der Waals surface area contributed by atoms with Crippen LogP contribution in [0.2, 0.25) is 0 Å². The number of carbonyl (C=O) groups is 2. The smallest absolute Gasteiger partial charge is 0.810 e. The Labute approximate surface area is 184 Å². The van der Waals surface area contributed by atoms with Gasteiger partial charge in [0.25, 0.3) is 0 Å². The van der Waals surface area contributed by atoms with Crippen LogP contribution in [-0.2, 0) is 4.57 Å². The summed E-state index contributed by atoms with van der Waals surface area (Å²) in [4.78, 5) is 46.7. The van der Waals surface area contributed by atoms with E-state index in [4.69, 9.17) is 0 Å². The van der Waals surface area contributed by atoms with Gasteiger partial charge in [-0.3, -0.25) is 9.59 Å². The fourth-order valence-electron chi connectivity index (χ4n) is 2.14. The average molecular weight is 362 g/mol. The Morgan fingerprint density at radius 1 is 0.875 bits per heavy atom. The van der Waals surface area contributed by atoms with E-state index in [2.05, 4.69) is 0 Å². The van der Waals surface area contributed by atoms with Gasteiger partial charge >= 0.3 is 59.1 Å². The Hall–Kier alpha value is -0.0700. The van der Waals surface area contributed by atoms with Crippen LogP contribution in [0.4, 0.5) is 0 Å². The Bertz CT molecular complexity index is 741. The Kier molecular flexibility index (Phi) is 10.1. The van der Waals surface area contributed by atoms with Crippen molar-refractivity contribution in [2.45, 2.75) is 12.6 Å². The summed E-state index contributed by atoms with van der Waals surface area (Å²) in [6.07, 6.45) is 0. The fourth-order valence-corrected chi connectivity index (χ4v) is 3.11. The minimum absolute atomic E-state index is 0. The van der Waals surface area contributed by atoms with E-state index in [9.17, 15) is 23.9 Å². The maximum atomic E-state index is 12.4. The van der Waals surface area contributed by atoms with Crippen LogP contribution >= 0.6 is 7.60 Å². The second-order valence-corrected chi connectivity index (χ2v) is 6.45. The molecular formula is C16H13Na2O5P. The minimum Gasteiger partial charge on any atom is -0.810 e. The van der Waals surface area contributed by atoms with Gasteiger partial charge in [-0.25, -0.2) is 0 Å². The molecule has 0 radical (unpaired) electrons. The third-order valence-electron chi connectivity index (χ3n) is 3.26. The van der Waals surface area contributed by atoms with E-state index in [1.807, 2.05) is 0 Å². The van der Waals surface area contributed by atoms with Crippen LogP contribution in [0.15, 0.2) is 54.6 Å². The van der Waals surface area contributed by atoms with E-state index < -0.39 is 19.0 Å². The van der Waals surface area contributed by atoms with Crippen molar-refractivity contribution in [3.63, 3.8) is 0 Å². The van der Waals surface area contributed by atoms with Crippen LogP contribution in [0.25, 0.3) is 0 Å². The second-order valence-electron chi connectivity index (χ2n) is 4.85. The molecule has 0 saturated heterocycles. The monoisotopic (exact) mass is 362 g/mol. The normalized spacial score (nSPS) is 11.6. The van der Waals surface area contributed by atoms with Gasteiger partial charge in [-0.15, -0.1) is 0 Å². The standard InChI is InChI=1S/C16H15O5P.2Na/c1-11(17)12-7-9-13(10-8-12)15(18)16(22(19,20)21)14-5-3-2-4-6-14;;/h2-10,16H,1H3,(H2,19,20,21);;/q;2*+1/p-2. The third-order valence-corrected chi connectivity index (χ3v) is 4.42. The summed E-state index contributed by atoms with van der Waals surface area (Å²) in [6.45, 7) is 1.38. The summed E-state index contributed by atoms with van der Waals surface area (Å²) in [5, 5.41) is 0. The molecule has 0 N–H and O–H groups in total. The van der Waals surface area contributed by atoms with Crippen LogP contribution in [0.5, 0.6) is 0 Å². The fraction of sp³-hybridized carbons (Fsp3) is 0.125. The van der Waals surface area contributed by atoms with Gasteiger partial charge in [0.1, 0.15) is 0 Å². The van der Waals surface area contributed by atoms with Crippen molar-refractivity contribution in [1.29, 1.82) is 0 Å². The predicted molar refractivity (Wildman–Crippen MR) is 77.6 cm³/mol. The number of ketones is 2. The van der Waals surface area contributed by atoms with Crippen LogP contribution in [0.3, 0.4) is 0 Å². The molecule has 0 spiro atoms. The van der Waals surface area contributed by atoms with E-state index >= 15 is 0 Å². The molecule has 2 aromatic carbocycles. The molecule has 0 aliphatic carbocycles. The van der Waals surface area contributed by atoms with Gasteiger partial charge in [0, 0.05) is 11.1 Å². The summed E-state index contributed by atoms with van der Waals surface area (Å²) in [5.74, 6) is -0.966. The van der Waals surface area contributed by atoms with Crippen molar-refractivity contribution in [2.24, 2.45) is 0 Å². The van der Waals surface area contributed by atoms with Gasteiger partial charge in [-0.05, 0) is 12.5 Å². The number of Topliss-reactive ketones (excluding diaryl/α,β-unsaturated/α-hetero) is 2. The minimum atomic E-state index is -5.17. The second kappa shape index (κ2) is 10.2. The van der Waals surface area contributed by atoms with Gasteiger partial charge in [-0.2, -0.15) is 0 Å². The summed E-state index contributed by atoms with van der Waals surface area (Å²) < 4.78 is 11.5. The Balaban J connectivity index is 0.00000264. The molecule has 0 aliphatic rings. The first-order chi connectivity index (χ1) is 10.3. The van der Waals surface area contributed by atoms with Crippen molar-refractivity contribution in [2.75, 3.05) is 0 Å². The zero-order chi connectivity index (χ0) is 16.3. The molecule has 114 valence electrons. The molecule has 0 aromatic heterocycles. The average Bonchev–Trinajstić information content (AvgIpc) is 2.47. The zero-order valence-electron chi connectivity index (χ0n) is 13.8. The van der Waals surface area contributed by atoms with Crippen LogP contribution in [0.1, 0.15) is 38.9 Å². The number of hydrogen-bond donors (Lipinski definition) is 0. The summed E-state index contributed by atoms with van der Waals surface area (Å²) in [7, 11) is -5.17. The third kappa shape index (κ3) is 6.03. The van der Waals surface area contributed by atoms with Crippen molar-refractivity contribution in [1.82, 2.24) is 0 Å². The Morgan fingerprint density at radius 3 is 1.75 bits per heavy atom. The number of hydrogen-bond acceptors (Lipinski definition) is 5. The molecule has 2 rings (SSSR count). The van der Waals surface area contributed by atoms with Crippen molar-refractivity contribution >= 4 is 19.2 Å². The van der Waals surface area contributed by atoms with Gasteiger partial charge in [0.05, 0.1) is 5.66 Å². The van der Waals surface area contributed by atoms with E-state index in [0.29, 0.717) is 5.56 Å². The van der Waals surface area contributed by atoms with Crippen LogP contribution in [0, 0.1) is 0 Å². The molecule has 0 aliphatic heterocycles. The van der Waals surface area contributed by atoms with Crippen molar-refractivity contribution in [3.8, 4) is 0 Å². The summed E-state index contributed by atoms with van der Waals surface area (Å²) in [5.41, 5.74) is -1.15. The van der Waals surface area contributed by atoms with Crippen LogP contribution < -0.4 is 68.9 Å². The molecule has 24 heavy (non-hydrogen) atoms. The Morgan fingerprint density at radius 2 is 1.33 bits per heavy atom. The molecule has 8 heteroatoms. The van der Waals surface area contributed by atoms with Crippen molar-refractivity contribution in [3.05, 3.63) is 71.3 Å². The molecule has 2 aromatic rings. The molecular weight excluding hydrogens is 349 g/mol. The number of carbonyl (C=O) groups excluding carboxylic acids is 2. The number of rotatable bonds is 5. The maximum Gasteiger partial charge on any atom is 1.00 e. The largest absolute Gasteiger partial charge is 1.00 e. The van der Waals surface area contributed by atoms with Gasteiger partial charge in [0.2, 0.25) is 0 Å².